The Balaban J connectivity index is 2.05. The lowest BCUT2D eigenvalue weighted by molar-refractivity contribution is 0.0703. The Morgan fingerprint density at radius 1 is 1.04 bits per heavy atom. The maximum Gasteiger partial charge on any atom is 0.348 e. The van der Waals surface area contributed by atoms with E-state index in [2.05, 4.69) is 9.90 Å². The summed E-state index contributed by atoms with van der Waals surface area (Å²) in [5, 5.41) is 12.1. The number of nitroso groups, excluding NO2 is 1. The van der Waals surface area contributed by atoms with Gasteiger partial charge in [0.25, 0.3) is 10.0 Å². The Kier molecular flexibility index (Phi) is 4.83. The second-order valence-electron chi connectivity index (χ2n) is 5.19. The van der Waals surface area contributed by atoms with E-state index < -0.39 is 16.0 Å². The van der Waals surface area contributed by atoms with Crippen LogP contribution in [0.15, 0.2) is 70.7 Å². The molecule has 0 spiro atoms. The average molecular weight is 388 g/mol. The van der Waals surface area contributed by atoms with Gasteiger partial charge in [0.15, 0.2) is 0 Å². The van der Waals surface area contributed by atoms with E-state index in [0.717, 1.165) is 16.9 Å². The minimum absolute atomic E-state index is 0.0675. The molecule has 1 heterocycles. The van der Waals surface area contributed by atoms with Crippen molar-refractivity contribution in [3.05, 3.63) is 70.4 Å². The summed E-state index contributed by atoms with van der Waals surface area (Å²) in [6.07, 6.45) is 0. The molecule has 3 rings (SSSR count). The van der Waals surface area contributed by atoms with Crippen molar-refractivity contribution in [1.82, 2.24) is 0 Å². The average Bonchev–Trinajstić information content (AvgIpc) is 3.06. The first-order valence-electron chi connectivity index (χ1n) is 7.30. The Labute approximate surface area is 153 Å². The molecule has 0 saturated carbocycles. The fraction of sp³-hybridized carbons (Fsp3) is 0. The SMILES string of the molecule is O=Nc1ccccc1S(=O)(=O)Nc1cc(-c2ccccc2)sc1C(=O)O. The number of nitrogens with zero attached hydrogens (tertiary/aromatic N) is 1. The number of thiophene rings is 1. The lowest BCUT2D eigenvalue weighted by atomic mass is 10.2. The number of hydrogen-bond donors (Lipinski definition) is 2. The molecule has 26 heavy (non-hydrogen) atoms. The number of carboxylic acids is 1. The third-order valence-electron chi connectivity index (χ3n) is 3.48. The Hall–Kier alpha value is -3.04. The first-order chi connectivity index (χ1) is 12.4. The van der Waals surface area contributed by atoms with Crippen LogP contribution >= 0.6 is 11.3 Å². The van der Waals surface area contributed by atoms with Crippen LogP contribution in [-0.2, 0) is 10.0 Å². The maximum absolute atomic E-state index is 12.6. The van der Waals surface area contributed by atoms with Crippen molar-refractivity contribution < 1.29 is 18.3 Å². The summed E-state index contributed by atoms with van der Waals surface area (Å²) in [6, 6.07) is 15.9. The molecule has 3 aromatic rings. The molecule has 1 aromatic heterocycles. The van der Waals surface area contributed by atoms with Crippen molar-refractivity contribution in [2.75, 3.05) is 4.72 Å². The molecule has 7 nitrogen and oxygen atoms in total. The Morgan fingerprint density at radius 3 is 2.35 bits per heavy atom. The van der Waals surface area contributed by atoms with Gasteiger partial charge < -0.3 is 5.11 Å². The van der Waals surface area contributed by atoms with Gasteiger partial charge in [-0.15, -0.1) is 16.2 Å². The minimum Gasteiger partial charge on any atom is -0.477 e. The van der Waals surface area contributed by atoms with Crippen LogP contribution in [0.2, 0.25) is 0 Å². The summed E-state index contributed by atoms with van der Waals surface area (Å²) < 4.78 is 27.5. The van der Waals surface area contributed by atoms with Gasteiger partial charge in [-0.2, -0.15) is 0 Å². The standard InChI is InChI=1S/C17H12N2O5S2/c20-17(21)16-13(10-14(25-16)11-6-2-1-3-7-11)19-26(23,24)15-9-5-4-8-12(15)18-22/h1-10,19H,(H,20,21). The fourth-order valence-electron chi connectivity index (χ4n) is 2.33. The molecule has 2 N–H and O–H groups in total. The second-order valence-corrected chi connectivity index (χ2v) is 7.89. The number of hydrogen-bond acceptors (Lipinski definition) is 6. The summed E-state index contributed by atoms with van der Waals surface area (Å²) in [6.45, 7) is 0. The number of benzene rings is 2. The van der Waals surface area contributed by atoms with Gasteiger partial charge in [-0.1, -0.05) is 42.5 Å². The van der Waals surface area contributed by atoms with E-state index in [1.807, 2.05) is 6.07 Å². The van der Waals surface area contributed by atoms with Crippen LogP contribution in [-0.4, -0.2) is 19.5 Å². The molecule has 0 aliphatic carbocycles. The van der Waals surface area contributed by atoms with Crippen LogP contribution in [0.25, 0.3) is 10.4 Å². The largest absolute Gasteiger partial charge is 0.477 e. The van der Waals surface area contributed by atoms with Gasteiger partial charge in [-0.3, -0.25) is 4.72 Å². The highest BCUT2D eigenvalue weighted by molar-refractivity contribution is 7.93. The second kappa shape index (κ2) is 7.06. The monoisotopic (exact) mass is 388 g/mol. The van der Waals surface area contributed by atoms with E-state index in [1.165, 1.54) is 30.3 Å². The molecule has 0 aliphatic rings. The Bertz CT molecular complexity index is 1080. The molecular formula is C17H12N2O5S2. The van der Waals surface area contributed by atoms with Gasteiger partial charge in [0.1, 0.15) is 15.5 Å². The highest BCUT2D eigenvalue weighted by Gasteiger charge is 2.24. The summed E-state index contributed by atoms with van der Waals surface area (Å²) in [5.41, 5.74) is 0.442. The number of nitrogens with one attached hydrogen (secondary N) is 1. The van der Waals surface area contributed by atoms with Crippen molar-refractivity contribution in [2.45, 2.75) is 4.90 Å². The molecule has 0 unspecified atom stereocenters. The van der Waals surface area contributed by atoms with Gasteiger partial charge in [0, 0.05) is 4.88 Å². The lowest BCUT2D eigenvalue weighted by Gasteiger charge is -2.08. The first-order valence-corrected chi connectivity index (χ1v) is 9.60. The van der Waals surface area contributed by atoms with E-state index in [-0.39, 0.29) is 21.1 Å². The smallest absolute Gasteiger partial charge is 0.348 e. The van der Waals surface area contributed by atoms with Gasteiger partial charge in [0.05, 0.1) is 5.69 Å². The van der Waals surface area contributed by atoms with Crippen LogP contribution in [0.1, 0.15) is 9.67 Å². The van der Waals surface area contributed by atoms with Crippen LogP contribution in [0.3, 0.4) is 0 Å². The Morgan fingerprint density at radius 2 is 1.69 bits per heavy atom. The number of sulfonamides is 1. The summed E-state index contributed by atoms with van der Waals surface area (Å²) in [7, 11) is -4.18. The van der Waals surface area contributed by atoms with Crippen LogP contribution in [0, 0.1) is 4.91 Å². The van der Waals surface area contributed by atoms with E-state index in [1.54, 1.807) is 24.3 Å². The minimum atomic E-state index is -4.18. The van der Waals surface area contributed by atoms with Crippen molar-refractivity contribution in [3.63, 3.8) is 0 Å². The third-order valence-corrected chi connectivity index (χ3v) is 6.07. The summed E-state index contributed by atoms with van der Waals surface area (Å²) in [5.74, 6) is -1.25. The van der Waals surface area contributed by atoms with Crippen molar-refractivity contribution in [2.24, 2.45) is 5.18 Å². The zero-order chi connectivity index (χ0) is 18.7. The zero-order valence-electron chi connectivity index (χ0n) is 13.1. The zero-order valence-corrected chi connectivity index (χ0v) is 14.8. The van der Waals surface area contributed by atoms with E-state index >= 15 is 0 Å². The summed E-state index contributed by atoms with van der Waals surface area (Å²) >= 11 is 0.955. The van der Waals surface area contributed by atoms with Gasteiger partial charge in [0.2, 0.25) is 0 Å². The van der Waals surface area contributed by atoms with Crippen molar-refractivity contribution >= 4 is 38.7 Å². The fourth-order valence-corrected chi connectivity index (χ4v) is 4.55. The number of anilines is 1. The van der Waals surface area contributed by atoms with Gasteiger partial charge in [-0.25, -0.2) is 13.2 Å². The van der Waals surface area contributed by atoms with Crippen LogP contribution in [0.5, 0.6) is 0 Å². The molecular weight excluding hydrogens is 376 g/mol. The summed E-state index contributed by atoms with van der Waals surface area (Å²) in [4.78, 5) is 22.5. The van der Waals surface area contributed by atoms with Gasteiger partial charge in [-0.05, 0) is 28.9 Å². The van der Waals surface area contributed by atoms with Crippen molar-refractivity contribution in [1.29, 1.82) is 0 Å². The molecule has 9 heteroatoms. The predicted molar refractivity (Wildman–Crippen MR) is 99.4 cm³/mol. The van der Waals surface area contributed by atoms with E-state index in [4.69, 9.17) is 0 Å². The van der Waals surface area contributed by atoms with E-state index in [9.17, 15) is 23.2 Å². The maximum atomic E-state index is 12.6. The van der Waals surface area contributed by atoms with Crippen molar-refractivity contribution in [3.8, 4) is 10.4 Å². The third kappa shape index (κ3) is 3.48. The highest BCUT2D eigenvalue weighted by atomic mass is 32.2. The quantitative estimate of drug-likeness (QED) is 0.611. The molecule has 0 amide bonds. The molecule has 0 saturated heterocycles. The topological polar surface area (TPSA) is 113 Å². The normalized spacial score (nSPS) is 11.1. The molecule has 0 bridgehead atoms. The number of carboxylic acid groups (broad SMARTS) is 1. The highest BCUT2D eigenvalue weighted by Crippen LogP contribution is 2.36. The number of aromatic carboxylic acids is 1. The van der Waals surface area contributed by atoms with Crippen LogP contribution < -0.4 is 4.72 Å². The van der Waals surface area contributed by atoms with Crippen LogP contribution in [0.4, 0.5) is 11.4 Å². The first kappa shape index (κ1) is 17.8. The predicted octanol–water partition coefficient (Wildman–Crippen LogP) is 4.31. The lowest BCUT2D eigenvalue weighted by Crippen LogP contribution is -2.14. The molecule has 0 atom stereocenters. The molecule has 2 aromatic carbocycles. The molecule has 0 radical (unpaired) electrons. The number of carbonyl (C=O) groups is 1. The molecule has 0 fully saturated rings. The van der Waals surface area contributed by atoms with Gasteiger partial charge >= 0.3 is 5.97 Å². The van der Waals surface area contributed by atoms with E-state index in [0.29, 0.717) is 4.88 Å². The number of rotatable bonds is 6. The molecule has 0 aliphatic heterocycles. The molecule has 132 valence electrons.